The van der Waals surface area contributed by atoms with Crippen molar-refractivity contribution in [1.29, 1.82) is 0 Å². The Kier molecular flexibility index (Phi) is 2.98. The molecule has 2 heterocycles. The van der Waals surface area contributed by atoms with Crippen LogP contribution in [-0.4, -0.2) is 22.3 Å². The first-order valence-electron chi connectivity index (χ1n) is 5.97. The molecular formula is C15H13N3O. The summed E-state index contributed by atoms with van der Waals surface area (Å²) in [6.45, 7) is 0. The van der Waals surface area contributed by atoms with Gasteiger partial charge in [-0.25, -0.2) is 0 Å². The lowest BCUT2D eigenvalue weighted by Gasteiger charge is -1.98. The summed E-state index contributed by atoms with van der Waals surface area (Å²) in [6.07, 6.45) is 7.54. The van der Waals surface area contributed by atoms with Gasteiger partial charge in [-0.15, -0.1) is 0 Å². The number of nitrogens with zero attached hydrogens (tertiary/aromatic N) is 2. The van der Waals surface area contributed by atoms with Crippen molar-refractivity contribution in [3.63, 3.8) is 0 Å². The van der Waals surface area contributed by atoms with Crippen molar-refractivity contribution >= 4 is 23.1 Å². The zero-order chi connectivity index (χ0) is 13.1. The van der Waals surface area contributed by atoms with Crippen LogP contribution in [0.25, 0.3) is 23.1 Å². The molecule has 0 aliphatic carbocycles. The van der Waals surface area contributed by atoms with Gasteiger partial charge in [0, 0.05) is 23.8 Å². The summed E-state index contributed by atoms with van der Waals surface area (Å²) >= 11 is 0. The Labute approximate surface area is 110 Å². The molecule has 0 bridgehead atoms. The van der Waals surface area contributed by atoms with Crippen molar-refractivity contribution in [2.24, 2.45) is 0 Å². The van der Waals surface area contributed by atoms with Gasteiger partial charge in [0.05, 0.1) is 18.3 Å². The van der Waals surface area contributed by atoms with E-state index in [9.17, 15) is 0 Å². The minimum atomic E-state index is 0.818. The second kappa shape index (κ2) is 4.94. The largest absolute Gasteiger partial charge is 0.497 e. The number of hydrogen-bond acceptors (Lipinski definition) is 3. The quantitative estimate of drug-likeness (QED) is 0.778. The molecule has 0 aliphatic rings. The van der Waals surface area contributed by atoms with Gasteiger partial charge in [-0.3, -0.25) is 10.1 Å². The third-order valence-corrected chi connectivity index (χ3v) is 2.92. The zero-order valence-corrected chi connectivity index (χ0v) is 10.5. The van der Waals surface area contributed by atoms with E-state index in [0.29, 0.717) is 0 Å². The van der Waals surface area contributed by atoms with E-state index in [2.05, 4.69) is 15.2 Å². The number of aromatic nitrogens is 3. The molecule has 4 heteroatoms. The number of nitrogens with one attached hydrogen (secondary N) is 1. The van der Waals surface area contributed by atoms with Crippen LogP contribution in [0.15, 0.2) is 42.7 Å². The van der Waals surface area contributed by atoms with Gasteiger partial charge in [-0.1, -0.05) is 12.1 Å². The summed E-state index contributed by atoms with van der Waals surface area (Å²) in [5.74, 6) is 0.818. The smallest absolute Gasteiger partial charge is 0.121 e. The van der Waals surface area contributed by atoms with Gasteiger partial charge in [0.2, 0.25) is 0 Å². The van der Waals surface area contributed by atoms with Crippen molar-refractivity contribution in [3.8, 4) is 5.75 Å². The second-order valence-electron chi connectivity index (χ2n) is 4.14. The van der Waals surface area contributed by atoms with E-state index in [0.717, 1.165) is 27.9 Å². The normalized spacial score (nSPS) is 11.2. The molecule has 0 radical (unpaired) electrons. The van der Waals surface area contributed by atoms with Crippen molar-refractivity contribution < 1.29 is 4.74 Å². The zero-order valence-electron chi connectivity index (χ0n) is 10.5. The average molecular weight is 251 g/mol. The lowest BCUT2D eigenvalue weighted by Crippen LogP contribution is -1.81. The molecule has 1 aromatic carbocycles. The van der Waals surface area contributed by atoms with Gasteiger partial charge in [0.15, 0.2) is 0 Å². The predicted octanol–water partition coefficient (Wildman–Crippen LogP) is 3.14. The van der Waals surface area contributed by atoms with Crippen molar-refractivity contribution in [2.75, 3.05) is 7.11 Å². The van der Waals surface area contributed by atoms with E-state index in [1.54, 1.807) is 13.3 Å². The maximum atomic E-state index is 5.19. The van der Waals surface area contributed by atoms with Crippen LogP contribution >= 0.6 is 0 Å². The van der Waals surface area contributed by atoms with Crippen molar-refractivity contribution in [3.05, 3.63) is 54.0 Å². The van der Waals surface area contributed by atoms with Gasteiger partial charge in [0.1, 0.15) is 5.75 Å². The van der Waals surface area contributed by atoms with E-state index in [-0.39, 0.29) is 0 Å². The molecular weight excluding hydrogens is 238 g/mol. The second-order valence-corrected chi connectivity index (χ2v) is 4.14. The van der Waals surface area contributed by atoms with E-state index in [4.69, 9.17) is 4.74 Å². The number of pyridine rings is 1. The first-order chi connectivity index (χ1) is 9.36. The first-order valence-corrected chi connectivity index (χ1v) is 5.97. The van der Waals surface area contributed by atoms with Gasteiger partial charge in [-0.05, 0) is 29.8 Å². The highest BCUT2D eigenvalue weighted by molar-refractivity contribution is 5.90. The molecule has 2 aromatic heterocycles. The van der Waals surface area contributed by atoms with Crippen LogP contribution in [-0.2, 0) is 0 Å². The Balaban J connectivity index is 1.96. The predicted molar refractivity (Wildman–Crippen MR) is 75.8 cm³/mol. The fourth-order valence-electron chi connectivity index (χ4n) is 1.92. The maximum absolute atomic E-state index is 5.19. The van der Waals surface area contributed by atoms with Crippen LogP contribution in [0.2, 0.25) is 0 Å². The molecule has 0 aliphatic heterocycles. The van der Waals surface area contributed by atoms with Gasteiger partial charge >= 0.3 is 0 Å². The number of rotatable bonds is 3. The minimum absolute atomic E-state index is 0.818. The molecule has 3 rings (SSSR count). The Morgan fingerprint density at radius 1 is 1.21 bits per heavy atom. The molecule has 94 valence electrons. The van der Waals surface area contributed by atoms with Gasteiger partial charge < -0.3 is 4.74 Å². The molecule has 0 amide bonds. The highest BCUT2D eigenvalue weighted by Gasteiger charge is 2.03. The number of ether oxygens (including phenoxy) is 1. The third-order valence-electron chi connectivity index (χ3n) is 2.92. The number of methoxy groups -OCH3 is 1. The lowest BCUT2D eigenvalue weighted by molar-refractivity contribution is 0.415. The van der Waals surface area contributed by atoms with Crippen LogP contribution in [0.4, 0.5) is 0 Å². The molecule has 3 aromatic rings. The molecule has 0 spiro atoms. The van der Waals surface area contributed by atoms with E-state index in [1.165, 1.54) is 0 Å². The van der Waals surface area contributed by atoms with Crippen LogP contribution < -0.4 is 4.74 Å². The molecule has 19 heavy (non-hydrogen) atoms. The van der Waals surface area contributed by atoms with E-state index in [1.807, 2.05) is 48.7 Å². The molecule has 4 nitrogen and oxygen atoms in total. The standard InChI is InChI=1S/C15H13N3O/c1-19-12-5-6-13-14(17-18-15(13)9-12)7-4-11-3-2-8-16-10-11/h2-10H,1H3,(H,17,18)/b7-4+. The van der Waals surface area contributed by atoms with Crippen LogP contribution in [0.5, 0.6) is 5.75 Å². The van der Waals surface area contributed by atoms with Gasteiger partial charge in [0.25, 0.3) is 0 Å². The van der Waals surface area contributed by atoms with E-state index >= 15 is 0 Å². The van der Waals surface area contributed by atoms with Crippen LogP contribution in [0.1, 0.15) is 11.3 Å². The summed E-state index contributed by atoms with van der Waals surface area (Å²) < 4.78 is 5.19. The summed E-state index contributed by atoms with van der Waals surface area (Å²) in [7, 11) is 1.65. The molecule has 1 N–H and O–H groups in total. The highest BCUT2D eigenvalue weighted by Crippen LogP contribution is 2.22. The van der Waals surface area contributed by atoms with Crippen molar-refractivity contribution in [1.82, 2.24) is 15.2 Å². The molecule has 0 fully saturated rings. The monoisotopic (exact) mass is 251 g/mol. The molecule has 0 atom stereocenters. The Bertz CT molecular complexity index is 717. The maximum Gasteiger partial charge on any atom is 0.121 e. The number of hydrogen-bond donors (Lipinski definition) is 1. The summed E-state index contributed by atoms with van der Waals surface area (Å²) in [6, 6.07) is 9.78. The number of benzene rings is 1. The van der Waals surface area contributed by atoms with Gasteiger partial charge in [-0.2, -0.15) is 5.10 Å². The topological polar surface area (TPSA) is 50.8 Å². The summed E-state index contributed by atoms with van der Waals surface area (Å²) in [5, 5.41) is 8.37. The molecule has 0 unspecified atom stereocenters. The van der Waals surface area contributed by atoms with Crippen LogP contribution in [0, 0.1) is 0 Å². The molecule has 0 saturated carbocycles. The Hall–Kier alpha value is -2.62. The Morgan fingerprint density at radius 2 is 2.16 bits per heavy atom. The lowest BCUT2D eigenvalue weighted by atomic mass is 10.1. The molecule has 0 saturated heterocycles. The first kappa shape index (κ1) is 11.5. The SMILES string of the molecule is COc1ccc2c(/C=C/c3cccnc3)n[nH]c2c1. The number of aromatic amines is 1. The third kappa shape index (κ3) is 2.33. The highest BCUT2D eigenvalue weighted by atomic mass is 16.5. The fraction of sp³-hybridized carbons (Fsp3) is 0.0667. The Morgan fingerprint density at radius 3 is 2.95 bits per heavy atom. The average Bonchev–Trinajstić information content (AvgIpc) is 2.88. The van der Waals surface area contributed by atoms with Crippen LogP contribution in [0.3, 0.4) is 0 Å². The number of H-pyrrole nitrogens is 1. The van der Waals surface area contributed by atoms with Crippen molar-refractivity contribution in [2.45, 2.75) is 0 Å². The fourth-order valence-corrected chi connectivity index (χ4v) is 1.92. The summed E-state index contributed by atoms with van der Waals surface area (Å²) in [4.78, 5) is 4.07. The minimum Gasteiger partial charge on any atom is -0.497 e. The van der Waals surface area contributed by atoms with E-state index < -0.39 is 0 Å². The number of fused-ring (bicyclic) bond motifs is 1. The summed E-state index contributed by atoms with van der Waals surface area (Å²) in [5.41, 5.74) is 2.92.